The van der Waals surface area contributed by atoms with E-state index in [2.05, 4.69) is 200 Å². The summed E-state index contributed by atoms with van der Waals surface area (Å²) in [6.45, 7) is 4.24. The molecule has 0 spiro atoms. The normalized spacial score (nSPS) is 19.8. The quantitative estimate of drug-likeness (QED) is 0.0946. The third-order valence-electron chi connectivity index (χ3n) is 11.3. The summed E-state index contributed by atoms with van der Waals surface area (Å²) in [6.07, 6.45) is 19.6. The number of rotatable bonds is 7. The Balaban J connectivity index is 1.12. The highest BCUT2D eigenvalue weighted by atomic mass is 15.2. The second-order valence-electron chi connectivity index (χ2n) is 14.3. The summed E-state index contributed by atoms with van der Waals surface area (Å²) in [5, 5.41) is 5.43. The summed E-state index contributed by atoms with van der Waals surface area (Å²) < 4.78 is 0. The van der Waals surface area contributed by atoms with Crippen molar-refractivity contribution >= 4 is 38.6 Å². The lowest BCUT2D eigenvalue weighted by atomic mass is 9.74. The van der Waals surface area contributed by atoms with Crippen LogP contribution in [0.1, 0.15) is 44.6 Å². The van der Waals surface area contributed by atoms with Crippen LogP contribution in [0, 0.1) is 5.92 Å². The van der Waals surface area contributed by atoms with E-state index in [0.29, 0.717) is 17.9 Å². The zero-order valence-electron chi connectivity index (χ0n) is 30.0. The van der Waals surface area contributed by atoms with E-state index < -0.39 is 0 Å². The molecule has 0 saturated heterocycles. The van der Waals surface area contributed by atoms with Gasteiger partial charge in [-0.2, -0.15) is 0 Å². The second-order valence-corrected chi connectivity index (χ2v) is 14.3. The molecule has 2 nitrogen and oxygen atoms in total. The van der Waals surface area contributed by atoms with E-state index in [9.17, 15) is 0 Å². The number of para-hydroxylation sites is 1. The van der Waals surface area contributed by atoms with Gasteiger partial charge in [0.25, 0.3) is 0 Å². The molecular formula is C50H44N2. The monoisotopic (exact) mass is 672 g/mol. The SMILES string of the molecule is C/C=C\C=C(/C)N(c1ccccc1)c1ccc(N2C3=C(CCC=C3)C3CC(c4c5ccccc5c(-c5ccccc5)c5ccccc45)C=CC32)cc1. The molecule has 2 aliphatic carbocycles. The number of benzene rings is 6. The average molecular weight is 673 g/mol. The van der Waals surface area contributed by atoms with Crippen LogP contribution in [0.2, 0.25) is 0 Å². The van der Waals surface area contributed by atoms with Gasteiger partial charge in [0.15, 0.2) is 0 Å². The molecule has 0 radical (unpaired) electrons. The number of anilines is 3. The summed E-state index contributed by atoms with van der Waals surface area (Å²) in [7, 11) is 0. The van der Waals surface area contributed by atoms with Crippen molar-refractivity contribution in [2.75, 3.05) is 9.80 Å². The second kappa shape index (κ2) is 13.7. The van der Waals surface area contributed by atoms with Crippen molar-refractivity contribution in [2.45, 2.75) is 45.1 Å². The smallest absolute Gasteiger partial charge is 0.0589 e. The van der Waals surface area contributed by atoms with E-state index >= 15 is 0 Å². The molecule has 0 N–H and O–H groups in total. The van der Waals surface area contributed by atoms with Crippen LogP contribution in [-0.2, 0) is 0 Å². The highest BCUT2D eigenvalue weighted by Crippen LogP contribution is 2.52. The lowest BCUT2D eigenvalue weighted by Crippen LogP contribution is -2.35. The molecule has 6 aromatic rings. The third kappa shape index (κ3) is 5.51. The van der Waals surface area contributed by atoms with Gasteiger partial charge in [-0.3, -0.25) is 0 Å². The predicted octanol–water partition coefficient (Wildman–Crippen LogP) is 13.4. The van der Waals surface area contributed by atoms with Gasteiger partial charge in [0, 0.05) is 40.3 Å². The van der Waals surface area contributed by atoms with Gasteiger partial charge < -0.3 is 9.80 Å². The molecule has 0 saturated carbocycles. The summed E-state index contributed by atoms with van der Waals surface area (Å²) in [5.74, 6) is 0.794. The molecule has 9 rings (SSSR count). The minimum atomic E-state index is 0.303. The van der Waals surface area contributed by atoms with Gasteiger partial charge in [-0.05, 0) is 125 Å². The van der Waals surface area contributed by atoms with E-state index in [4.69, 9.17) is 0 Å². The number of nitrogens with zero attached hydrogens (tertiary/aromatic N) is 2. The Kier molecular flexibility index (Phi) is 8.45. The first-order valence-electron chi connectivity index (χ1n) is 18.8. The lowest BCUT2D eigenvalue weighted by Gasteiger charge is -2.35. The Bertz CT molecular complexity index is 2350. The van der Waals surface area contributed by atoms with Crippen LogP contribution in [0.4, 0.5) is 17.1 Å². The Morgan fingerprint density at radius 2 is 1.31 bits per heavy atom. The molecular weight excluding hydrogens is 629 g/mol. The molecule has 3 unspecified atom stereocenters. The van der Waals surface area contributed by atoms with Crippen molar-refractivity contribution in [1.29, 1.82) is 0 Å². The van der Waals surface area contributed by atoms with Crippen LogP contribution in [0.15, 0.2) is 193 Å². The minimum absolute atomic E-state index is 0.303. The third-order valence-corrected chi connectivity index (χ3v) is 11.3. The highest BCUT2D eigenvalue weighted by molar-refractivity contribution is 6.15. The molecule has 254 valence electrons. The standard InChI is InChI=1S/C50H44N2/c1-3-4-17-35(2)51(38-20-9-6-10-21-38)39-29-31-40(32-30-39)52-47-27-16-15-22-41(47)46-34-37(28-33-48(46)52)50-44-25-13-11-23-42(44)49(36-18-7-5-8-19-36)43-24-12-14-26-45(43)50/h3-14,16-21,23-33,37,46,48H,15,22,34H2,1-2H3/b4-3-,35-17+. The Morgan fingerprint density at radius 3 is 1.98 bits per heavy atom. The zero-order valence-corrected chi connectivity index (χ0v) is 30.0. The number of hydrogen-bond acceptors (Lipinski definition) is 2. The van der Waals surface area contributed by atoms with E-state index in [-0.39, 0.29) is 0 Å². The van der Waals surface area contributed by atoms with E-state index in [1.54, 1.807) is 5.57 Å². The Labute approximate surface area is 308 Å². The fraction of sp³-hybridized carbons (Fsp3) is 0.160. The van der Waals surface area contributed by atoms with Gasteiger partial charge in [-0.25, -0.2) is 0 Å². The van der Waals surface area contributed by atoms with Gasteiger partial charge in [-0.15, -0.1) is 0 Å². The minimum Gasteiger partial charge on any atom is -0.334 e. The van der Waals surface area contributed by atoms with Crippen molar-refractivity contribution < 1.29 is 0 Å². The molecule has 1 aliphatic heterocycles. The predicted molar refractivity (Wildman–Crippen MR) is 222 cm³/mol. The molecule has 52 heavy (non-hydrogen) atoms. The van der Waals surface area contributed by atoms with Crippen LogP contribution in [0.25, 0.3) is 32.7 Å². The maximum atomic E-state index is 2.62. The number of allylic oxidation sites excluding steroid dienone is 7. The summed E-state index contributed by atoms with van der Waals surface area (Å²) in [6, 6.07) is 49.3. The molecule has 3 aliphatic rings. The van der Waals surface area contributed by atoms with Crippen molar-refractivity contribution in [3.63, 3.8) is 0 Å². The largest absolute Gasteiger partial charge is 0.334 e. The van der Waals surface area contributed by atoms with Gasteiger partial charge in [0.05, 0.1) is 6.04 Å². The number of fused-ring (bicyclic) bond motifs is 4. The molecule has 0 fully saturated rings. The average Bonchev–Trinajstić information content (AvgIpc) is 3.54. The summed E-state index contributed by atoms with van der Waals surface area (Å²) in [5.41, 5.74) is 11.9. The van der Waals surface area contributed by atoms with Crippen molar-refractivity contribution in [2.24, 2.45) is 5.92 Å². The molecule has 0 amide bonds. The maximum Gasteiger partial charge on any atom is 0.0589 e. The zero-order chi connectivity index (χ0) is 35.0. The Morgan fingerprint density at radius 1 is 0.692 bits per heavy atom. The first kappa shape index (κ1) is 32.1. The fourth-order valence-corrected chi connectivity index (χ4v) is 9.14. The maximum absolute atomic E-state index is 2.62. The molecule has 1 heterocycles. The molecule has 2 heteroatoms. The summed E-state index contributed by atoms with van der Waals surface area (Å²) in [4.78, 5) is 4.96. The van der Waals surface area contributed by atoms with Crippen molar-refractivity contribution in [1.82, 2.24) is 0 Å². The van der Waals surface area contributed by atoms with Crippen LogP contribution in [0.3, 0.4) is 0 Å². The van der Waals surface area contributed by atoms with Gasteiger partial charge in [-0.1, -0.05) is 127 Å². The highest BCUT2D eigenvalue weighted by Gasteiger charge is 2.42. The van der Waals surface area contributed by atoms with Gasteiger partial charge in [0.1, 0.15) is 0 Å². The fourth-order valence-electron chi connectivity index (χ4n) is 9.14. The van der Waals surface area contributed by atoms with Crippen LogP contribution < -0.4 is 9.80 Å². The Hall–Kier alpha value is -5.86. The first-order chi connectivity index (χ1) is 25.7. The number of hydrogen-bond donors (Lipinski definition) is 0. The van der Waals surface area contributed by atoms with Crippen LogP contribution in [0.5, 0.6) is 0 Å². The molecule has 0 bridgehead atoms. The molecule has 3 atom stereocenters. The van der Waals surface area contributed by atoms with Gasteiger partial charge in [0.2, 0.25) is 0 Å². The molecule has 6 aromatic carbocycles. The molecule has 0 aromatic heterocycles. The van der Waals surface area contributed by atoms with Crippen molar-refractivity contribution in [3.8, 4) is 11.1 Å². The van der Waals surface area contributed by atoms with Gasteiger partial charge >= 0.3 is 0 Å². The topological polar surface area (TPSA) is 6.48 Å². The van der Waals surface area contributed by atoms with Crippen molar-refractivity contribution in [3.05, 3.63) is 199 Å². The lowest BCUT2D eigenvalue weighted by molar-refractivity contribution is 0.472. The van der Waals surface area contributed by atoms with E-state index in [1.807, 2.05) is 0 Å². The van der Waals surface area contributed by atoms with E-state index in [1.165, 1.54) is 55.3 Å². The van der Waals surface area contributed by atoms with Crippen LogP contribution in [-0.4, -0.2) is 6.04 Å². The van der Waals surface area contributed by atoms with Crippen LogP contribution >= 0.6 is 0 Å². The summed E-state index contributed by atoms with van der Waals surface area (Å²) >= 11 is 0. The first-order valence-corrected chi connectivity index (χ1v) is 18.8. The van der Waals surface area contributed by atoms with E-state index in [0.717, 1.165) is 30.6 Å².